The zero-order valence-corrected chi connectivity index (χ0v) is 19.1. The Bertz CT molecular complexity index is 1320. The fourth-order valence-corrected chi connectivity index (χ4v) is 5.27. The van der Waals surface area contributed by atoms with Gasteiger partial charge < -0.3 is 9.80 Å². The molecular formula is C20H22F3N7O3S. The van der Waals surface area contributed by atoms with Crippen molar-refractivity contribution < 1.29 is 26.4 Å². The number of piperazine rings is 1. The number of rotatable bonds is 5. The van der Waals surface area contributed by atoms with Gasteiger partial charge in [0.1, 0.15) is 12.1 Å². The molecule has 1 aromatic carbocycles. The molecule has 4 rings (SSSR count). The van der Waals surface area contributed by atoms with E-state index < -0.39 is 38.6 Å². The van der Waals surface area contributed by atoms with Gasteiger partial charge in [-0.1, -0.05) is 12.1 Å². The first-order chi connectivity index (χ1) is 16.0. The third-order valence-electron chi connectivity index (χ3n) is 5.46. The topological polar surface area (TPSA) is 113 Å². The second-order valence-electron chi connectivity index (χ2n) is 7.88. The molecule has 1 fully saturated rings. The maximum atomic E-state index is 13.3. The van der Waals surface area contributed by atoms with Gasteiger partial charge in [0.25, 0.3) is 5.78 Å². The van der Waals surface area contributed by atoms with E-state index in [-0.39, 0.29) is 0 Å². The first-order valence-electron chi connectivity index (χ1n) is 10.4. The summed E-state index contributed by atoms with van der Waals surface area (Å²) in [4.78, 5) is 23.8. The number of aromatic nitrogens is 4. The van der Waals surface area contributed by atoms with E-state index in [1.54, 1.807) is 4.52 Å². The highest BCUT2D eigenvalue weighted by Gasteiger charge is 2.38. The Kier molecular flexibility index (Phi) is 6.20. The van der Waals surface area contributed by atoms with Crippen LogP contribution in [0.3, 0.4) is 0 Å². The minimum Gasteiger partial charge on any atom is -0.353 e. The van der Waals surface area contributed by atoms with Gasteiger partial charge in [0.05, 0.1) is 16.5 Å². The van der Waals surface area contributed by atoms with E-state index >= 15 is 0 Å². The predicted octanol–water partition coefficient (Wildman–Crippen LogP) is 1.47. The minimum absolute atomic E-state index is 0.293. The Morgan fingerprint density at radius 1 is 1.15 bits per heavy atom. The molecule has 1 N–H and O–H groups in total. The van der Waals surface area contributed by atoms with Crippen molar-refractivity contribution in [1.82, 2.24) is 29.2 Å². The van der Waals surface area contributed by atoms with Gasteiger partial charge in [-0.2, -0.15) is 32.5 Å². The van der Waals surface area contributed by atoms with Crippen LogP contribution in [0.1, 0.15) is 18.2 Å². The number of amides is 1. The molecule has 1 atom stereocenters. The Balaban J connectivity index is 1.44. The number of benzene rings is 1. The van der Waals surface area contributed by atoms with Gasteiger partial charge in [0.15, 0.2) is 0 Å². The van der Waals surface area contributed by atoms with Crippen LogP contribution in [0.15, 0.2) is 41.6 Å². The molecule has 0 saturated carbocycles. The zero-order valence-electron chi connectivity index (χ0n) is 18.3. The molecule has 0 aliphatic carbocycles. The number of anilines is 1. The molecule has 0 spiro atoms. The van der Waals surface area contributed by atoms with E-state index in [2.05, 4.69) is 19.8 Å². The molecule has 0 unspecified atom stereocenters. The molecule has 10 nitrogen and oxygen atoms in total. The van der Waals surface area contributed by atoms with Gasteiger partial charge in [-0.25, -0.2) is 13.4 Å². The monoisotopic (exact) mass is 497 g/mol. The molecule has 34 heavy (non-hydrogen) atoms. The number of carbonyl (C=O) groups excluding carboxylic acids is 1. The molecule has 1 aliphatic rings. The maximum absolute atomic E-state index is 13.3. The van der Waals surface area contributed by atoms with Crippen LogP contribution in [0.5, 0.6) is 0 Å². The zero-order chi connectivity index (χ0) is 24.7. The van der Waals surface area contributed by atoms with E-state index in [0.29, 0.717) is 38.0 Å². The summed E-state index contributed by atoms with van der Waals surface area (Å²) in [5, 5.41) is 4.17. The molecule has 0 bridgehead atoms. The van der Waals surface area contributed by atoms with Crippen molar-refractivity contribution in [2.75, 3.05) is 31.1 Å². The maximum Gasteiger partial charge on any atom is 0.417 e. The fourth-order valence-electron chi connectivity index (χ4n) is 3.85. The summed E-state index contributed by atoms with van der Waals surface area (Å²) in [6, 6.07) is 4.46. The molecule has 3 heterocycles. The third-order valence-corrected chi connectivity index (χ3v) is 7.06. The van der Waals surface area contributed by atoms with Gasteiger partial charge in [-0.05, 0) is 26.0 Å². The van der Waals surface area contributed by atoms with Crippen molar-refractivity contribution in [3.05, 3.63) is 47.9 Å². The van der Waals surface area contributed by atoms with E-state index in [9.17, 15) is 26.4 Å². The molecule has 1 aliphatic heterocycles. The van der Waals surface area contributed by atoms with Gasteiger partial charge in [0.2, 0.25) is 15.9 Å². The lowest BCUT2D eigenvalue weighted by Crippen LogP contribution is -2.54. The average Bonchev–Trinajstić information content (AvgIpc) is 3.25. The number of nitrogens with one attached hydrogen (secondary N) is 1. The van der Waals surface area contributed by atoms with Crippen molar-refractivity contribution in [3.63, 3.8) is 0 Å². The van der Waals surface area contributed by atoms with E-state index in [1.807, 2.05) is 17.9 Å². The number of fused-ring (bicyclic) bond motifs is 1. The van der Waals surface area contributed by atoms with Crippen LogP contribution in [0.4, 0.5) is 19.0 Å². The summed E-state index contributed by atoms with van der Waals surface area (Å²) >= 11 is 0. The summed E-state index contributed by atoms with van der Waals surface area (Å²) in [6.45, 7) is 4.63. The average molecular weight is 498 g/mol. The standard InChI is InChI=1S/C20H22F3N7O3S/c1-13-11-17(30-19(26-13)24-12-25-30)28-7-9-29(10-8-28)18(31)14(2)27-34(32,33)16-6-4-3-5-15(16)20(21,22)23/h3-6,11-12,14,27H,7-10H2,1-2H3/t14-/m0/s1. The summed E-state index contributed by atoms with van der Waals surface area (Å²) in [5.41, 5.74) is -0.529. The van der Waals surface area contributed by atoms with Crippen LogP contribution >= 0.6 is 0 Å². The first kappa shape index (κ1) is 23.9. The van der Waals surface area contributed by atoms with E-state index in [1.165, 1.54) is 24.2 Å². The van der Waals surface area contributed by atoms with Crippen molar-refractivity contribution in [2.45, 2.75) is 31.0 Å². The second kappa shape index (κ2) is 8.83. The second-order valence-corrected chi connectivity index (χ2v) is 9.56. The molecule has 14 heteroatoms. The summed E-state index contributed by atoms with van der Waals surface area (Å²) < 4.78 is 68.8. The van der Waals surface area contributed by atoms with Crippen molar-refractivity contribution in [2.24, 2.45) is 0 Å². The Morgan fingerprint density at radius 2 is 1.82 bits per heavy atom. The lowest BCUT2D eigenvalue weighted by molar-refractivity contribution is -0.139. The summed E-state index contributed by atoms with van der Waals surface area (Å²) in [6.07, 6.45) is -3.45. The first-order valence-corrected chi connectivity index (χ1v) is 11.9. The number of carbonyl (C=O) groups is 1. The lowest BCUT2D eigenvalue weighted by Gasteiger charge is -2.37. The van der Waals surface area contributed by atoms with Crippen LogP contribution in [-0.2, 0) is 21.0 Å². The molecular weight excluding hydrogens is 475 g/mol. The Labute approximate surface area is 193 Å². The SMILES string of the molecule is Cc1cc(N2CCN(C(=O)[C@H](C)NS(=O)(=O)c3ccccc3C(F)(F)F)CC2)n2ncnc2n1. The van der Waals surface area contributed by atoms with Crippen molar-refractivity contribution in [3.8, 4) is 0 Å². The Hall–Kier alpha value is -3.26. The molecule has 3 aromatic rings. The highest BCUT2D eigenvalue weighted by atomic mass is 32.2. The van der Waals surface area contributed by atoms with Crippen LogP contribution in [0.2, 0.25) is 0 Å². The predicted molar refractivity (Wildman–Crippen MR) is 116 cm³/mol. The van der Waals surface area contributed by atoms with Crippen molar-refractivity contribution in [1.29, 1.82) is 0 Å². The van der Waals surface area contributed by atoms with Crippen LogP contribution in [0, 0.1) is 6.92 Å². The highest BCUT2D eigenvalue weighted by Crippen LogP contribution is 2.34. The van der Waals surface area contributed by atoms with Crippen LogP contribution in [0.25, 0.3) is 5.78 Å². The fraction of sp³-hybridized carbons (Fsp3) is 0.400. The highest BCUT2D eigenvalue weighted by molar-refractivity contribution is 7.89. The Morgan fingerprint density at radius 3 is 2.50 bits per heavy atom. The van der Waals surface area contributed by atoms with Gasteiger partial charge in [0, 0.05) is 37.9 Å². The summed E-state index contributed by atoms with van der Waals surface area (Å²) in [5.74, 6) is 0.699. The van der Waals surface area contributed by atoms with E-state index in [4.69, 9.17) is 0 Å². The number of halogens is 3. The van der Waals surface area contributed by atoms with Crippen LogP contribution < -0.4 is 9.62 Å². The third kappa shape index (κ3) is 4.68. The molecule has 2 aromatic heterocycles. The smallest absolute Gasteiger partial charge is 0.353 e. The molecule has 0 radical (unpaired) electrons. The van der Waals surface area contributed by atoms with Gasteiger partial charge >= 0.3 is 6.18 Å². The molecule has 182 valence electrons. The normalized spacial score (nSPS) is 16.1. The lowest BCUT2D eigenvalue weighted by atomic mass is 10.2. The number of sulfonamides is 1. The van der Waals surface area contributed by atoms with E-state index in [0.717, 1.165) is 23.6 Å². The van der Waals surface area contributed by atoms with Crippen molar-refractivity contribution >= 4 is 27.5 Å². The van der Waals surface area contributed by atoms with Gasteiger partial charge in [-0.3, -0.25) is 4.79 Å². The number of aryl methyl sites for hydroxylation is 1. The molecule has 1 amide bonds. The number of hydrogen-bond acceptors (Lipinski definition) is 7. The number of hydrogen-bond donors (Lipinski definition) is 1. The van der Waals surface area contributed by atoms with Crippen LogP contribution in [-0.4, -0.2) is 71.0 Å². The summed E-state index contributed by atoms with van der Waals surface area (Å²) in [7, 11) is -4.59. The minimum atomic E-state index is -4.85. The molecule has 1 saturated heterocycles. The number of alkyl halides is 3. The van der Waals surface area contributed by atoms with Gasteiger partial charge in [-0.15, -0.1) is 0 Å². The largest absolute Gasteiger partial charge is 0.417 e. The number of nitrogens with zero attached hydrogens (tertiary/aromatic N) is 6. The quantitative estimate of drug-likeness (QED) is 0.568.